The van der Waals surface area contributed by atoms with Crippen LogP contribution in [0, 0.1) is 24.8 Å². The molecule has 0 amide bonds. The zero-order valence-electron chi connectivity index (χ0n) is 39.1. The van der Waals surface area contributed by atoms with Crippen molar-refractivity contribution in [3.05, 3.63) is 187 Å². The first kappa shape index (κ1) is 40.6. The van der Waals surface area contributed by atoms with Gasteiger partial charge in [-0.3, -0.25) is 4.39 Å². The second-order valence-electron chi connectivity index (χ2n) is 17.2. The zero-order chi connectivity index (χ0) is 45.3. The van der Waals surface area contributed by atoms with Crippen molar-refractivity contribution in [2.24, 2.45) is 0 Å². The summed E-state index contributed by atoms with van der Waals surface area (Å²) in [4.78, 5) is 8.96. The van der Waals surface area contributed by atoms with Crippen LogP contribution in [0.2, 0.25) is 17.3 Å². The minimum absolute atomic E-state index is 0. The van der Waals surface area contributed by atoms with E-state index in [1.54, 1.807) is 18.5 Å². The van der Waals surface area contributed by atoms with Crippen molar-refractivity contribution in [1.29, 1.82) is 0 Å². The quantitative estimate of drug-likeness (QED) is 0.112. The van der Waals surface area contributed by atoms with Crippen molar-refractivity contribution in [1.82, 2.24) is 9.97 Å². The first-order chi connectivity index (χ1) is 30.6. The molecule has 0 atom stereocenters. The molecule has 3 nitrogen and oxygen atoms in total. The topological polar surface area (TPSA) is 38.9 Å². The second-order valence-corrected chi connectivity index (χ2v) is 27.7. The normalized spacial score (nSPS) is 12.4. The number of aromatic nitrogens is 2. The van der Waals surface area contributed by atoms with Crippen LogP contribution in [0.3, 0.4) is 0 Å². The molecule has 0 bridgehead atoms. The summed E-state index contributed by atoms with van der Waals surface area (Å²) in [6, 6.07) is 52.2. The third kappa shape index (κ3) is 9.32. The third-order valence-corrected chi connectivity index (χ3v) is 15.3. The van der Waals surface area contributed by atoms with Crippen LogP contribution in [0.4, 0.5) is 4.39 Å². The number of pyridine rings is 2. The van der Waals surface area contributed by atoms with Crippen LogP contribution in [0.25, 0.3) is 77.8 Å². The van der Waals surface area contributed by atoms with Crippen LogP contribution < -0.4 is 4.40 Å². The number of rotatable bonds is 8. The van der Waals surface area contributed by atoms with E-state index in [1.807, 2.05) is 42.5 Å². The number of halogens is 1. The van der Waals surface area contributed by atoms with Gasteiger partial charge in [0.15, 0.2) is 0 Å². The van der Waals surface area contributed by atoms with E-state index in [0.29, 0.717) is 11.3 Å². The maximum atomic E-state index is 12.6. The van der Waals surface area contributed by atoms with E-state index in [4.69, 9.17) is 13.5 Å². The molecule has 0 unspecified atom stereocenters. The average Bonchev–Trinajstić information content (AvgIpc) is 3.67. The Hall–Kier alpha value is -5.46. The minimum atomic E-state index is -2.43. The summed E-state index contributed by atoms with van der Waals surface area (Å²) < 4.78 is 46.6. The number of nitrogens with zero attached hydrogens (tertiary/aromatic N) is 2. The number of aryl methyl sites for hydroxylation is 1. The van der Waals surface area contributed by atoms with Crippen LogP contribution >= 0.6 is 0 Å². The fourth-order valence-electron chi connectivity index (χ4n) is 7.98. The fourth-order valence-corrected chi connectivity index (χ4v) is 11.0. The van der Waals surface area contributed by atoms with E-state index in [0.717, 1.165) is 66.6 Å². The van der Waals surface area contributed by atoms with Gasteiger partial charge in [0.1, 0.15) is 0 Å². The standard InChI is InChI=1S/C45H44GeNO.C11H7FN.Ir/c1-28(2)37-22-33(31-16-11-9-12-17-31)23-38(29(3)4)43(37)39-26-42(47-27-30(39)5)36-21-15-20-35-40-24-34(32-18-13-10-14-19-32)25-41(46(6,7)8)45(40)48-44(35)36;12-10-6-4-9(5-7-10)11-3-1-2-8-13-11;/h9-20,22-29H,1-8H3;1-4,6-8H;/q2*-1;/i5D3;;. The van der Waals surface area contributed by atoms with Crippen LogP contribution in [0.15, 0.2) is 156 Å². The smallest absolute Gasteiger partial charge is 0 e. The zero-order valence-corrected chi connectivity index (χ0v) is 40.6. The van der Waals surface area contributed by atoms with Gasteiger partial charge in [-0.25, -0.2) is 0 Å². The second kappa shape index (κ2) is 18.9. The van der Waals surface area contributed by atoms with Crippen molar-refractivity contribution in [3.8, 4) is 55.9 Å². The Labute approximate surface area is 386 Å². The molecular weight excluding hydrogens is 1000 g/mol. The van der Waals surface area contributed by atoms with Gasteiger partial charge in [0.25, 0.3) is 0 Å². The van der Waals surface area contributed by atoms with E-state index >= 15 is 0 Å². The molecule has 3 heterocycles. The molecule has 0 fully saturated rings. The van der Waals surface area contributed by atoms with Crippen LogP contribution in [-0.4, -0.2) is 23.2 Å². The Morgan fingerprint density at radius 1 is 0.645 bits per heavy atom. The Morgan fingerprint density at radius 3 is 1.85 bits per heavy atom. The first-order valence-electron chi connectivity index (χ1n) is 22.4. The van der Waals surface area contributed by atoms with Crippen molar-refractivity contribution < 1.29 is 33.0 Å². The van der Waals surface area contributed by atoms with E-state index in [-0.39, 0.29) is 43.3 Å². The molecule has 313 valence electrons. The molecule has 62 heavy (non-hydrogen) atoms. The van der Waals surface area contributed by atoms with Gasteiger partial charge in [0, 0.05) is 32.1 Å². The van der Waals surface area contributed by atoms with Gasteiger partial charge in [-0.2, -0.15) is 0 Å². The van der Waals surface area contributed by atoms with Crippen molar-refractivity contribution in [3.63, 3.8) is 0 Å². The van der Waals surface area contributed by atoms with Gasteiger partial charge >= 0.3 is 258 Å². The monoisotopic (exact) mass is 1060 g/mol. The molecule has 0 aliphatic rings. The number of hydrogen-bond acceptors (Lipinski definition) is 3. The summed E-state index contributed by atoms with van der Waals surface area (Å²) in [6.07, 6.45) is 3.25. The van der Waals surface area contributed by atoms with Crippen molar-refractivity contribution in [2.45, 2.75) is 63.7 Å². The van der Waals surface area contributed by atoms with Gasteiger partial charge in [-0.15, -0.1) is 29.8 Å². The molecule has 1 radical (unpaired) electrons. The molecule has 0 N–H and O–H groups in total. The summed E-state index contributed by atoms with van der Waals surface area (Å²) in [7, 11) is 0. The van der Waals surface area contributed by atoms with Gasteiger partial charge in [-0.1, -0.05) is 42.5 Å². The van der Waals surface area contributed by atoms with Crippen molar-refractivity contribution >= 4 is 39.6 Å². The summed E-state index contributed by atoms with van der Waals surface area (Å²) >= 11 is -2.43. The summed E-state index contributed by atoms with van der Waals surface area (Å²) in [5, 5.41) is 2.09. The molecule has 0 saturated carbocycles. The Kier molecular flexibility index (Phi) is 12.4. The van der Waals surface area contributed by atoms with Gasteiger partial charge in [0.05, 0.1) is 0 Å². The predicted octanol–water partition coefficient (Wildman–Crippen LogP) is 15.2. The maximum absolute atomic E-state index is 12.6. The molecular formula is C56H51FGeIrN2O-2. The van der Waals surface area contributed by atoms with Gasteiger partial charge in [0.2, 0.25) is 0 Å². The Morgan fingerprint density at radius 2 is 1.29 bits per heavy atom. The van der Waals surface area contributed by atoms with E-state index in [9.17, 15) is 4.39 Å². The number of hydrogen-bond donors (Lipinski definition) is 0. The SMILES string of the molecule is Fc1c[c-]c(-c2ccccn2)cc1.[2H]C([2H])([2H])c1cnc(-c2[c-]ccc3c2oc2[c]([Ge]([CH3])([CH3])[CH3])cc(-c4ccccc4)cc23)cc1-c1c(C(C)C)cc(-c2ccccc2)cc1C(C)C.[Ir]. The van der Waals surface area contributed by atoms with Gasteiger partial charge < -0.3 is 4.98 Å². The van der Waals surface area contributed by atoms with E-state index < -0.39 is 20.1 Å². The molecule has 0 aliphatic heterocycles. The number of furan rings is 1. The number of fused-ring (bicyclic) bond motifs is 3. The molecule has 3 aromatic heterocycles. The van der Waals surface area contributed by atoms with E-state index in [2.05, 4.69) is 141 Å². The summed E-state index contributed by atoms with van der Waals surface area (Å²) in [5.41, 5.74) is 13.4. The minimum Gasteiger partial charge on any atom is 0 e. The molecule has 9 aromatic rings. The summed E-state index contributed by atoms with van der Waals surface area (Å²) in [6.45, 7) is 6.35. The predicted molar refractivity (Wildman–Crippen MR) is 256 cm³/mol. The average molecular weight is 1050 g/mol. The molecule has 9 rings (SSSR count). The van der Waals surface area contributed by atoms with Crippen LogP contribution in [-0.2, 0) is 20.1 Å². The Bertz CT molecular complexity index is 3040. The number of benzene rings is 6. The van der Waals surface area contributed by atoms with E-state index in [1.165, 1.54) is 27.7 Å². The summed E-state index contributed by atoms with van der Waals surface area (Å²) in [5.74, 6) is 7.20. The van der Waals surface area contributed by atoms with Crippen molar-refractivity contribution in [2.75, 3.05) is 0 Å². The van der Waals surface area contributed by atoms with Crippen LogP contribution in [0.5, 0.6) is 0 Å². The first-order valence-corrected chi connectivity index (χ1v) is 28.2. The van der Waals surface area contributed by atoms with Crippen LogP contribution in [0.1, 0.15) is 60.3 Å². The molecule has 6 heteroatoms. The fraction of sp³-hybridized carbons (Fsp3) is 0.179. The third-order valence-electron chi connectivity index (χ3n) is 11.1. The molecule has 0 spiro atoms. The Balaban J connectivity index is 0.000000385. The molecule has 0 aliphatic carbocycles. The molecule has 6 aromatic carbocycles. The van der Waals surface area contributed by atoms with Gasteiger partial charge in [-0.05, 0) is 17.3 Å². The molecule has 0 saturated heterocycles.